The Labute approximate surface area is 135 Å². The standard InChI is InChI=1S/C18H20N4O/c1-13-11-16-17(12-18(13)21-9-3-4-10-21)20-22(19-16)14-5-7-15(23-2)8-6-14/h5-8,11-12H,3-4,9-10H2,1-2H3. The van der Waals surface area contributed by atoms with Gasteiger partial charge in [-0.15, -0.1) is 10.2 Å². The maximum atomic E-state index is 5.20. The highest BCUT2D eigenvalue weighted by molar-refractivity contribution is 5.81. The van der Waals surface area contributed by atoms with Crippen LogP contribution in [0.15, 0.2) is 36.4 Å². The first-order chi connectivity index (χ1) is 11.2. The molecule has 0 saturated carbocycles. The van der Waals surface area contributed by atoms with Crippen LogP contribution in [0.25, 0.3) is 16.7 Å². The van der Waals surface area contributed by atoms with Crippen molar-refractivity contribution in [2.75, 3.05) is 25.1 Å². The van der Waals surface area contributed by atoms with Crippen molar-refractivity contribution in [1.82, 2.24) is 15.0 Å². The maximum Gasteiger partial charge on any atom is 0.119 e. The molecule has 0 unspecified atom stereocenters. The Morgan fingerprint density at radius 1 is 0.957 bits per heavy atom. The van der Waals surface area contributed by atoms with Gasteiger partial charge in [-0.1, -0.05) is 0 Å². The number of ether oxygens (including phenoxy) is 1. The van der Waals surface area contributed by atoms with E-state index in [-0.39, 0.29) is 0 Å². The van der Waals surface area contributed by atoms with E-state index in [1.54, 1.807) is 11.9 Å². The van der Waals surface area contributed by atoms with Gasteiger partial charge in [-0.3, -0.25) is 0 Å². The maximum absolute atomic E-state index is 5.20. The monoisotopic (exact) mass is 308 g/mol. The SMILES string of the molecule is COc1ccc(-n2nc3cc(C)c(N4CCCC4)cc3n2)cc1. The van der Waals surface area contributed by atoms with Crippen LogP contribution in [0, 0.1) is 6.92 Å². The molecule has 118 valence electrons. The summed E-state index contributed by atoms with van der Waals surface area (Å²) in [5, 5.41) is 9.26. The summed E-state index contributed by atoms with van der Waals surface area (Å²) in [7, 11) is 1.66. The zero-order chi connectivity index (χ0) is 15.8. The van der Waals surface area contributed by atoms with Crippen molar-refractivity contribution < 1.29 is 4.74 Å². The Balaban J connectivity index is 1.74. The van der Waals surface area contributed by atoms with Crippen LogP contribution in [0.5, 0.6) is 5.75 Å². The summed E-state index contributed by atoms with van der Waals surface area (Å²) in [6, 6.07) is 12.1. The average Bonchev–Trinajstić information content (AvgIpc) is 3.23. The molecule has 2 aromatic carbocycles. The van der Waals surface area contributed by atoms with Crippen molar-refractivity contribution in [2.45, 2.75) is 19.8 Å². The minimum absolute atomic E-state index is 0.831. The lowest BCUT2D eigenvalue weighted by Gasteiger charge is -2.19. The van der Waals surface area contributed by atoms with E-state index < -0.39 is 0 Å². The third kappa shape index (κ3) is 2.52. The molecule has 1 aromatic heterocycles. The molecule has 0 radical (unpaired) electrons. The number of hydrogen-bond donors (Lipinski definition) is 0. The lowest BCUT2D eigenvalue weighted by Crippen LogP contribution is -2.18. The number of nitrogens with zero attached hydrogens (tertiary/aromatic N) is 4. The fraction of sp³-hybridized carbons (Fsp3) is 0.333. The molecule has 0 N–H and O–H groups in total. The molecule has 1 saturated heterocycles. The van der Waals surface area contributed by atoms with E-state index >= 15 is 0 Å². The van der Waals surface area contributed by atoms with Crippen LogP contribution >= 0.6 is 0 Å². The van der Waals surface area contributed by atoms with Gasteiger partial charge in [0.15, 0.2) is 0 Å². The first-order valence-corrected chi connectivity index (χ1v) is 8.02. The van der Waals surface area contributed by atoms with E-state index in [0.29, 0.717) is 0 Å². The molecule has 0 atom stereocenters. The summed E-state index contributed by atoms with van der Waals surface area (Å²) < 4.78 is 5.20. The summed E-state index contributed by atoms with van der Waals surface area (Å²) >= 11 is 0. The van der Waals surface area contributed by atoms with Crippen LogP contribution in [0.2, 0.25) is 0 Å². The van der Waals surface area contributed by atoms with Gasteiger partial charge < -0.3 is 9.64 Å². The fourth-order valence-electron chi connectivity index (χ4n) is 3.19. The number of aromatic nitrogens is 3. The van der Waals surface area contributed by atoms with E-state index in [0.717, 1.165) is 35.6 Å². The smallest absolute Gasteiger partial charge is 0.119 e. The zero-order valence-corrected chi connectivity index (χ0v) is 13.5. The summed E-state index contributed by atoms with van der Waals surface area (Å²) in [5.41, 5.74) is 5.36. The number of hydrogen-bond acceptors (Lipinski definition) is 4. The highest BCUT2D eigenvalue weighted by atomic mass is 16.5. The molecule has 2 heterocycles. The minimum atomic E-state index is 0.831. The van der Waals surface area contributed by atoms with Crippen LogP contribution in [-0.2, 0) is 0 Å². The molecule has 0 amide bonds. The van der Waals surface area contributed by atoms with Crippen LogP contribution < -0.4 is 9.64 Å². The number of aryl methyl sites for hydroxylation is 1. The summed E-state index contributed by atoms with van der Waals surface area (Å²) in [5.74, 6) is 0.831. The molecule has 1 fully saturated rings. The van der Waals surface area contributed by atoms with Gasteiger partial charge in [0.25, 0.3) is 0 Å². The molecule has 0 bridgehead atoms. The van der Waals surface area contributed by atoms with Gasteiger partial charge in [0, 0.05) is 18.8 Å². The van der Waals surface area contributed by atoms with Crippen molar-refractivity contribution in [3.8, 4) is 11.4 Å². The molecule has 1 aliphatic heterocycles. The number of methoxy groups -OCH3 is 1. The van der Waals surface area contributed by atoms with E-state index in [9.17, 15) is 0 Å². The van der Waals surface area contributed by atoms with E-state index in [1.807, 2.05) is 24.3 Å². The van der Waals surface area contributed by atoms with E-state index in [2.05, 4.69) is 34.2 Å². The largest absolute Gasteiger partial charge is 0.497 e. The van der Waals surface area contributed by atoms with Crippen LogP contribution in [0.1, 0.15) is 18.4 Å². The molecule has 23 heavy (non-hydrogen) atoms. The molecule has 4 rings (SSSR count). The molecule has 1 aliphatic rings. The highest BCUT2D eigenvalue weighted by Gasteiger charge is 2.16. The molecule has 5 heteroatoms. The number of benzene rings is 2. The Hall–Kier alpha value is -2.56. The van der Waals surface area contributed by atoms with Gasteiger partial charge in [-0.25, -0.2) is 0 Å². The van der Waals surface area contributed by atoms with Gasteiger partial charge in [0.2, 0.25) is 0 Å². The Morgan fingerprint density at radius 3 is 2.26 bits per heavy atom. The molecule has 0 spiro atoms. The summed E-state index contributed by atoms with van der Waals surface area (Å²) in [4.78, 5) is 4.14. The van der Waals surface area contributed by atoms with Crippen molar-refractivity contribution >= 4 is 16.7 Å². The normalized spacial score (nSPS) is 14.6. The second kappa shape index (κ2) is 5.57. The van der Waals surface area contributed by atoms with Crippen molar-refractivity contribution in [2.24, 2.45) is 0 Å². The predicted octanol–water partition coefficient (Wildman–Crippen LogP) is 3.34. The lowest BCUT2D eigenvalue weighted by atomic mass is 10.1. The highest BCUT2D eigenvalue weighted by Crippen LogP contribution is 2.28. The van der Waals surface area contributed by atoms with Crippen LogP contribution in [0.4, 0.5) is 5.69 Å². The quantitative estimate of drug-likeness (QED) is 0.744. The van der Waals surface area contributed by atoms with Gasteiger partial charge in [0.1, 0.15) is 16.8 Å². The topological polar surface area (TPSA) is 43.2 Å². The Bertz CT molecular complexity index is 832. The van der Waals surface area contributed by atoms with Crippen molar-refractivity contribution in [3.05, 3.63) is 42.0 Å². The van der Waals surface area contributed by atoms with Crippen molar-refractivity contribution in [1.29, 1.82) is 0 Å². The molecular weight excluding hydrogens is 288 g/mol. The van der Waals surface area contributed by atoms with Gasteiger partial charge in [-0.05, 0) is 61.7 Å². The third-order valence-electron chi connectivity index (χ3n) is 4.45. The van der Waals surface area contributed by atoms with Crippen LogP contribution in [-0.4, -0.2) is 35.2 Å². The predicted molar refractivity (Wildman–Crippen MR) is 91.6 cm³/mol. The second-order valence-electron chi connectivity index (χ2n) is 6.01. The van der Waals surface area contributed by atoms with E-state index in [4.69, 9.17) is 4.74 Å². The minimum Gasteiger partial charge on any atom is -0.497 e. The van der Waals surface area contributed by atoms with Gasteiger partial charge in [0.05, 0.1) is 12.8 Å². The lowest BCUT2D eigenvalue weighted by molar-refractivity contribution is 0.414. The van der Waals surface area contributed by atoms with Crippen molar-refractivity contribution in [3.63, 3.8) is 0 Å². The molecule has 0 aliphatic carbocycles. The molecule has 3 aromatic rings. The first-order valence-electron chi connectivity index (χ1n) is 8.02. The molecule has 5 nitrogen and oxygen atoms in total. The summed E-state index contributed by atoms with van der Waals surface area (Å²) in [6.07, 6.45) is 2.55. The number of fused-ring (bicyclic) bond motifs is 1. The first kappa shape index (κ1) is 14.1. The van der Waals surface area contributed by atoms with Gasteiger partial charge in [-0.2, -0.15) is 4.80 Å². The Kier molecular flexibility index (Phi) is 3.41. The van der Waals surface area contributed by atoms with Crippen LogP contribution in [0.3, 0.4) is 0 Å². The average molecular weight is 308 g/mol. The summed E-state index contributed by atoms with van der Waals surface area (Å²) in [6.45, 7) is 4.43. The number of anilines is 1. The second-order valence-corrected chi connectivity index (χ2v) is 6.01. The van der Waals surface area contributed by atoms with Gasteiger partial charge >= 0.3 is 0 Å². The Morgan fingerprint density at radius 2 is 1.61 bits per heavy atom. The third-order valence-corrected chi connectivity index (χ3v) is 4.45. The number of rotatable bonds is 3. The zero-order valence-electron chi connectivity index (χ0n) is 13.5. The fourth-order valence-corrected chi connectivity index (χ4v) is 3.19. The van der Waals surface area contributed by atoms with E-state index in [1.165, 1.54) is 24.1 Å². The molecular formula is C18H20N4O.